The first-order valence-electron chi connectivity index (χ1n) is 7.26. The number of pyridine rings is 1. The van der Waals surface area contributed by atoms with Gasteiger partial charge in [0.05, 0.1) is 0 Å². The number of Topliss-reactive ketones (excluding diaryl/α,β-unsaturated/α-hetero) is 1. The normalized spacial score (nSPS) is 10.7. The Labute approximate surface area is 133 Å². The van der Waals surface area contributed by atoms with Crippen LogP contribution in [0.3, 0.4) is 0 Å². The smallest absolute Gasteiger partial charge is 0.223 e. The molecule has 2 heterocycles. The molecule has 0 aliphatic carbocycles. The number of aryl methyl sites for hydroxylation is 2. The number of benzene rings is 1. The maximum absolute atomic E-state index is 12.1. The third kappa shape index (κ3) is 3.60. The van der Waals surface area contributed by atoms with Crippen molar-refractivity contribution in [2.45, 2.75) is 19.8 Å². The zero-order valence-corrected chi connectivity index (χ0v) is 12.7. The highest BCUT2D eigenvalue weighted by molar-refractivity contribution is 5.96. The van der Waals surface area contributed by atoms with E-state index in [1.54, 1.807) is 25.3 Å². The number of nitrogen functional groups attached to an aromatic ring is 1. The van der Waals surface area contributed by atoms with E-state index in [1.165, 1.54) is 0 Å². The van der Waals surface area contributed by atoms with Gasteiger partial charge in [0.15, 0.2) is 5.78 Å². The van der Waals surface area contributed by atoms with Crippen LogP contribution in [-0.4, -0.2) is 20.9 Å². The Kier molecular flexibility index (Phi) is 4.14. The molecule has 0 aliphatic heterocycles. The summed E-state index contributed by atoms with van der Waals surface area (Å²) in [4.78, 5) is 20.2. The summed E-state index contributed by atoms with van der Waals surface area (Å²) in [6, 6.07) is 11.1. The summed E-state index contributed by atoms with van der Waals surface area (Å²) >= 11 is 0. The van der Waals surface area contributed by atoms with E-state index in [4.69, 9.17) is 10.3 Å². The third-order valence-corrected chi connectivity index (χ3v) is 3.48. The van der Waals surface area contributed by atoms with Crippen molar-refractivity contribution in [3.05, 3.63) is 59.6 Å². The maximum Gasteiger partial charge on any atom is 0.223 e. The lowest BCUT2D eigenvalue weighted by Crippen LogP contribution is -2.03. The van der Waals surface area contributed by atoms with Gasteiger partial charge in [-0.1, -0.05) is 29.4 Å². The topological polar surface area (TPSA) is 94.9 Å². The Morgan fingerprint density at radius 1 is 1.22 bits per heavy atom. The molecular weight excluding hydrogens is 292 g/mol. The zero-order valence-electron chi connectivity index (χ0n) is 12.7. The molecule has 0 bridgehead atoms. The number of ketones is 1. The van der Waals surface area contributed by atoms with E-state index < -0.39 is 0 Å². The number of hydrogen-bond acceptors (Lipinski definition) is 6. The molecule has 0 saturated carbocycles. The summed E-state index contributed by atoms with van der Waals surface area (Å²) in [5.74, 6) is 1.51. The molecule has 23 heavy (non-hydrogen) atoms. The quantitative estimate of drug-likeness (QED) is 0.728. The summed E-state index contributed by atoms with van der Waals surface area (Å²) in [7, 11) is 0. The average molecular weight is 308 g/mol. The van der Waals surface area contributed by atoms with Crippen molar-refractivity contribution >= 4 is 11.6 Å². The van der Waals surface area contributed by atoms with Crippen LogP contribution in [0.25, 0.3) is 11.4 Å². The Bertz CT molecular complexity index is 825. The highest BCUT2D eigenvalue weighted by atomic mass is 16.5. The summed E-state index contributed by atoms with van der Waals surface area (Å²) in [5.41, 5.74) is 8.15. The van der Waals surface area contributed by atoms with Crippen molar-refractivity contribution in [3.8, 4) is 11.4 Å². The monoisotopic (exact) mass is 308 g/mol. The molecule has 3 rings (SSSR count). The first-order chi connectivity index (χ1) is 11.1. The Morgan fingerprint density at radius 3 is 2.65 bits per heavy atom. The number of aromatic nitrogens is 3. The van der Waals surface area contributed by atoms with E-state index in [9.17, 15) is 4.79 Å². The standard InChI is InChI=1S/C17H16N4O2/c1-11-20-17(21-23-11)13-5-2-12(3-6-13)4-7-15(22)14-8-9-19-16(18)10-14/h2-3,5-6,8-10H,4,7H2,1H3,(H2,18,19). The number of hydrogen-bond donors (Lipinski definition) is 1. The molecule has 0 unspecified atom stereocenters. The molecule has 0 fully saturated rings. The molecule has 116 valence electrons. The van der Waals surface area contributed by atoms with Gasteiger partial charge in [-0.15, -0.1) is 0 Å². The minimum atomic E-state index is 0.0527. The Balaban J connectivity index is 1.63. The SMILES string of the molecule is Cc1nc(-c2ccc(CCC(=O)c3ccnc(N)c3)cc2)no1. The van der Waals surface area contributed by atoms with Crippen molar-refractivity contribution in [1.82, 2.24) is 15.1 Å². The average Bonchev–Trinajstić information content (AvgIpc) is 2.99. The highest BCUT2D eigenvalue weighted by Gasteiger charge is 2.08. The Morgan fingerprint density at radius 2 is 2.00 bits per heavy atom. The van der Waals surface area contributed by atoms with Gasteiger partial charge in [-0.2, -0.15) is 4.98 Å². The van der Waals surface area contributed by atoms with Crippen molar-refractivity contribution in [1.29, 1.82) is 0 Å². The predicted molar refractivity (Wildman–Crippen MR) is 85.8 cm³/mol. The molecule has 0 amide bonds. The number of rotatable bonds is 5. The van der Waals surface area contributed by atoms with Crippen molar-refractivity contribution in [2.75, 3.05) is 5.73 Å². The van der Waals surface area contributed by atoms with Crippen LogP contribution in [0.15, 0.2) is 47.1 Å². The lowest BCUT2D eigenvalue weighted by atomic mass is 10.0. The first kappa shape index (κ1) is 14.9. The van der Waals surface area contributed by atoms with Gasteiger partial charge < -0.3 is 10.3 Å². The summed E-state index contributed by atoms with van der Waals surface area (Å²) < 4.78 is 4.97. The number of anilines is 1. The molecule has 0 aliphatic rings. The third-order valence-electron chi connectivity index (χ3n) is 3.48. The number of carbonyl (C=O) groups is 1. The Hall–Kier alpha value is -3.02. The first-order valence-corrected chi connectivity index (χ1v) is 7.26. The van der Waals surface area contributed by atoms with E-state index >= 15 is 0 Å². The zero-order chi connectivity index (χ0) is 16.2. The van der Waals surface area contributed by atoms with Gasteiger partial charge in [0, 0.05) is 30.7 Å². The second kappa shape index (κ2) is 6.39. The second-order valence-electron chi connectivity index (χ2n) is 5.23. The van der Waals surface area contributed by atoms with Gasteiger partial charge in [0.2, 0.25) is 11.7 Å². The van der Waals surface area contributed by atoms with Gasteiger partial charge in [-0.25, -0.2) is 4.98 Å². The van der Waals surface area contributed by atoms with Crippen molar-refractivity contribution in [3.63, 3.8) is 0 Å². The van der Waals surface area contributed by atoms with Crippen LogP contribution in [0, 0.1) is 6.92 Å². The maximum atomic E-state index is 12.1. The summed E-state index contributed by atoms with van der Waals surface area (Å²) in [6.07, 6.45) is 2.63. The number of nitrogens with two attached hydrogens (primary N) is 1. The number of carbonyl (C=O) groups excluding carboxylic acids is 1. The van der Waals surface area contributed by atoms with Gasteiger partial charge in [0.25, 0.3) is 0 Å². The summed E-state index contributed by atoms with van der Waals surface area (Å²) in [6.45, 7) is 1.75. The van der Waals surface area contributed by atoms with Gasteiger partial charge in [0.1, 0.15) is 5.82 Å². The van der Waals surface area contributed by atoms with E-state index in [-0.39, 0.29) is 5.78 Å². The molecule has 0 radical (unpaired) electrons. The molecule has 6 nitrogen and oxygen atoms in total. The van der Waals surface area contributed by atoms with Crippen LogP contribution < -0.4 is 5.73 Å². The lowest BCUT2D eigenvalue weighted by molar-refractivity contribution is 0.0983. The molecule has 3 aromatic rings. The summed E-state index contributed by atoms with van der Waals surface area (Å²) in [5, 5.41) is 3.88. The minimum absolute atomic E-state index is 0.0527. The molecule has 2 N–H and O–H groups in total. The van der Waals surface area contributed by atoms with Crippen molar-refractivity contribution in [2.24, 2.45) is 0 Å². The minimum Gasteiger partial charge on any atom is -0.384 e. The van der Waals surface area contributed by atoms with Crippen LogP contribution in [0.1, 0.15) is 28.2 Å². The fourth-order valence-corrected chi connectivity index (χ4v) is 2.26. The van der Waals surface area contributed by atoms with Crippen LogP contribution in [0.4, 0.5) is 5.82 Å². The van der Waals surface area contributed by atoms with Crippen LogP contribution in [-0.2, 0) is 6.42 Å². The van der Waals surface area contributed by atoms with E-state index in [0.29, 0.717) is 35.9 Å². The molecule has 1 aromatic carbocycles. The fraction of sp³-hybridized carbons (Fsp3) is 0.176. The van der Waals surface area contributed by atoms with Gasteiger partial charge in [-0.05, 0) is 24.1 Å². The number of nitrogens with zero attached hydrogens (tertiary/aromatic N) is 3. The highest BCUT2D eigenvalue weighted by Crippen LogP contribution is 2.17. The predicted octanol–water partition coefficient (Wildman–Crippen LogP) is 2.84. The molecular formula is C17H16N4O2. The van der Waals surface area contributed by atoms with E-state index in [2.05, 4.69) is 15.1 Å². The molecule has 0 saturated heterocycles. The van der Waals surface area contributed by atoms with Crippen LogP contribution in [0.5, 0.6) is 0 Å². The van der Waals surface area contributed by atoms with Crippen LogP contribution >= 0.6 is 0 Å². The van der Waals surface area contributed by atoms with Crippen LogP contribution in [0.2, 0.25) is 0 Å². The fourth-order valence-electron chi connectivity index (χ4n) is 2.26. The molecule has 6 heteroatoms. The second-order valence-corrected chi connectivity index (χ2v) is 5.23. The van der Waals surface area contributed by atoms with Crippen molar-refractivity contribution < 1.29 is 9.32 Å². The van der Waals surface area contributed by atoms with Gasteiger partial charge >= 0.3 is 0 Å². The lowest BCUT2D eigenvalue weighted by Gasteiger charge is -2.03. The molecule has 0 atom stereocenters. The molecule has 0 spiro atoms. The van der Waals surface area contributed by atoms with E-state index in [1.807, 2.05) is 24.3 Å². The van der Waals surface area contributed by atoms with Gasteiger partial charge in [-0.3, -0.25) is 4.79 Å². The largest absolute Gasteiger partial charge is 0.384 e. The van der Waals surface area contributed by atoms with E-state index in [0.717, 1.165) is 11.1 Å². The molecule has 2 aromatic heterocycles.